The highest BCUT2D eigenvalue weighted by Crippen LogP contribution is 2.26. The largest absolute Gasteiger partial charge is 0.325 e. The molecule has 5 rings (SSSR count). The van der Waals surface area contributed by atoms with Crippen LogP contribution in [-0.4, -0.2) is 32.8 Å². The second-order valence-corrected chi connectivity index (χ2v) is 9.77. The summed E-state index contributed by atoms with van der Waals surface area (Å²) in [5.74, 6) is -1.41. The first kappa shape index (κ1) is 26.8. The molecular formula is C32H26ClFN4O2. The van der Waals surface area contributed by atoms with E-state index in [1.165, 1.54) is 23.1 Å². The number of aromatic nitrogens is 2. The quantitative estimate of drug-likeness (QED) is 0.227. The second kappa shape index (κ2) is 12.0. The molecule has 0 spiro atoms. The van der Waals surface area contributed by atoms with Crippen molar-refractivity contribution in [2.24, 2.45) is 0 Å². The van der Waals surface area contributed by atoms with Crippen LogP contribution in [0.3, 0.4) is 0 Å². The van der Waals surface area contributed by atoms with Crippen LogP contribution in [0.2, 0.25) is 5.02 Å². The summed E-state index contributed by atoms with van der Waals surface area (Å²) in [5.41, 5.74) is 4.07. The van der Waals surface area contributed by atoms with E-state index < -0.39 is 17.6 Å². The zero-order valence-electron chi connectivity index (χ0n) is 21.7. The number of nitrogens with zero attached hydrogens (tertiary/aromatic N) is 3. The lowest BCUT2D eigenvalue weighted by molar-refractivity contribution is -0.117. The van der Waals surface area contributed by atoms with Gasteiger partial charge in [-0.1, -0.05) is 83.9 Å². The predicted octanol–water partition coefficient (Wildman–Crippen LogP) is 6.92. The number of imidazole rings is 1. The molecule has 4 aromatic carbocycles. The summed E-state index contributed by atoms with van der Waals surface area (Å²) in [5, 5.41) is 3.47. The van der Waals surface area contributed by atoms with E-state index in [0.717, 1.165) is 22.4 Å². The number of aryl methyl sites for hydroxylation is 1. The van der Waals surface area contributed by atoms with Gasteiger partial charge in [-0.3, -0.25) is 19.5 Å². The number of carbonyl (C=O) groups excluding carboxylic acids is 2. The molecule has 0 saturated carbocycles. The number of nitrogens with one attached hydrogen (secondary N) is 1. The Balaban J connectivity index is 1.45. The average molecular weight is 553 g/mol. The van der Waals surface area contributed by atoms with Gasteiger partial charge in [0.15, 0.2) is 0 Å². The fourth-order valence-electron chi connectivity index (χ4n) is 4.28. The minimum atomic E-state index is -0.645. The Morgan fingerprint density at radius 2 is 1.57 bits per heavy atom. The van der Waals surface area contributed by atoms with E-state index in [1.807, 2.05) is 79.9 Å². The van der Waals surface area contributed by atoms with Gasteiger partial charge in [0.2, 0.25) is 11.9 Å². The van der Waals surface area contributed by atoms with Gasteiger partial charge in [0.05, 0.1) is 11.3 Å². The third kappa shape index (κ3) is 6.27. The van der Waals surface area contributed by atoms with Crippen molar-refractivity contribution >= 4 is 29.4 Å². The van der Waals surface area contributed by atoms with E-state index in [9.17, 15) is 14.0 Å². The zero-order chi connectivity index (χ0) is 28.1. The van der Waals surface area contributed by atoms with E-state index >= 15 is 0 Å². The SMILES string of the molecule is Cc1ccc(-n2cc(-c3ccc(Cl)cc3)nc2NC(=O)CN(Cc2ccccc2)C(=O)c2ccccc2F)cc1. The van der Waals surface area contributed by atoms with Crippen LogP contribution in [0.1, 0.15) is 21.5 Å². The number of anilines is 1. The maximum absolute atomic E-state index is 14.5. The number of benzene rings is 4. The van der Waals surface area contributed by atoms with Crippen molar-refractivity contribution in [1.82, 2.24) is 14.5 Å². The molecule has 0 bridgehead atoms. The molecule has 0 atom stereocenters. The zero-order valence-corrected chi connectivity index (χ0v) is 22.5. The fraction of sp³-hybridized carbons (Fsp3) is 0.0938. The molecule has 6 nitrogen and oxygen atoms in total. The maximum Gasteiger partial charge on any atom is 0.257 e. The number of carbonyl (C=O) groups is 2. The van der Waals surface area contributed by atoms with Crippen LogP contribution in [0.25, 0.3) is 16.9 Å². The summed E-state index contributed by atoms with van der Waals surface area (Å²) < 4.78 is 16.3. The molecule has 0 aliphatic rings. The number of hydrogen-bond donors (Lipinski definition) is 1. The van der Waals surface area contributed by atoms with Crippen molar-refractivity contribution in [3.05, 3.63) is 137 Å². The van der Waals surface area contributed by atoms with Gasteiger partial charge in [-0.15, -0.1) is 0 Å². The van der Waals surface area contributed by atoms with Gasteiger partial charge in [-0.25, -0.2) is 9.37 Å². The molecule has 1 heterocycles. The topological polar surface area (TPSA) is 67.2 Å². The van der Waals surface area contributed by atoms with Crippen molar-refractivity contribution in [3.8, 4) is 16.9 Å². The molecule has 5 aromatic rings. The summed E-state index contributed by atoms with van der Waals surface area (Å²) in [4.78, 5) is 32.8. The first-order valence-corrected chi connectivity index (χ1v) is 13.0. The van der Waals surface area contributed by atoms with E-state index in [2.05, 4.69) is 10.3 Å². The third-order valence-corrected chi connectivity index (χ3v) is 6.60. The van der Waals surface area contributed by atoms with Crippen molar-refractivity contribution in [2.45, 2.75) is 13.5 Å². The van der Waals surface area contributed by atoms with Crippen LogP contribution in [0.5, 0.6) is 0 Å². The van der Waals surface area contributed by atoms with Gasteiger partial charge in [0, 0.05) is 29.0 Å². The number of rotatable bonds is 8. The van der Waals surface area contributed by atoms with E-state index in [4.69, 9.17) is 11.6 Å². The highest BCUT2D eigenvalue weighted by atomic mass is 35.5. The van der Waals surface area contributed by atoms with Gasteiger partial charge in [-0.2, -0.15) is 0 Å². The minimum Gasteiger partial charge on any atom is -0.325 e. The lowest BCUT2D eigenvalue weighted by atomic mass is 10.1. The number of halogens is 2. The molecule has 8 heteroatoms. The highest BCUT2D eigenvalue weighted by molar-refractivity contribution is 6.30. The molecule has 200 valence electrons. The Labute approximate surface area is 236 Å². The molecule has 0 saturated heterocycles. The fourth-order valence-corrected chi connectivity index (χ4v) is 4.40. The normalized spacial score (nSPS) is 10.8. The summed E-state index contributed by atoms with van der Waals surface area (Å²) in [6, 6.07) is 30.1. The third-order valence-electron chi connectivity index (χ3n) is 6.35. The van der Waals surface area contributed by atoms with Crippen LogP contribution < -0.4 is 5.32 Å². The minimum absolute atomic E-state index is 0.0996. The van der Waals surface area contributed by atoms with Crippen LogP contribution in [-0.2, 0) is 11.3 Å². The van der Waals surface area contributed by atoms with Crippen LogP contribution >= 0.6 is 11.6 Å². The molecule has 1 aromatic heterocycles. The molecule has 40 heavy (non-hydrogen) atoms. The molecule has 0 unspecified atom stereocenters. The van der Waals surface area contributed by atoms with Crippen LogP contribution in [0, 0.1) is 12.7 Å². The Morgan fingerprint density at radius 1 is 0.900 bits per heavy atom. The van der Waals surface area contributed by atoms with Gasteiger partial charge in [0.1, 0.15) is 12.4 Å². The van der Waals surface area contributed by atoms with Crippen molar-refractivity contribution in [2.75, 3.05) is 11.9 Å². The number of amides is 2. The molecule has 1 N–H and O–H groups in total. The second-order valence-electron chi connectivity index (χ2n) is 9.34. The first-order valence-electron chi connectivity index (χ1n) is 12.7. The van der Waals surface area contributed by atoms with Crippen molar-refractivity contribution < 1.29 is 14.0 Å². The lowest BCUT2D eigenvalue weighted by Gasteiger charge is -2.23. The molecule has 0 fully saturated rings. The molecule has 0 radical (unpaired) electrons. The Bertz CT molecular complexity index is 1630. The van der Waals surface area contributed by atoms with Crippen LogP contribution in [0.4, 0.5) is 10.3 Å². The molecular weight excluding hydrogens is 527 g/mol. The highest BCUT2D eigenvalue weighted by Gasteiger charge is 2.23. The Morgan fingerprint density at radius 3 is 2.27 bits per heavy atom. The standard InChI is InChI=1S/C32H26ClFN4O2/c1-22-11-17-26(18-12-22)38-20-29(24-13-15-25(33)16-14-24)35-32(38)36-30(39)21-37(19-23-7-3-2-4-8-23)31(40)27-9-5-6-10-28(27)34/h2-18,20H,19,21H2,1H3,(H,35,36,39). The van der Waals surface area contributed by atoms with Crippen molar-refractivity contribution in [1.29, 1.82) is 0 Å². The predicted molar refractivity (Wildman–Crippen MR) is 155 cm³/mol. The Kier molecular flexibility index (Phi) is 8.03. The van der Waals surface area contributed by atoms with Crippen molar-refractivity contribution in [3.63, 3.8) is 0 Å². The summed E-state index contributed by atoms with van der Waals surface area (Å²) in [6.07, 6.45) is 1.83. The van der Waals surface area contributed by atoms with Gasteiger partial charge >= 0.3 is 0 Å². The lowest BCUT2D eigenvalue weighted by Crippen LogP contribution is -2.38. The first-order chi connectivity index (χ1) is 19.4. The molecule has 2 amide bonds. The Hall–Kier alpha value is -4.75. The molecule has 0 aliphatic carbocycles. The average Bonchev–Trinajstić information content (AvgIpc) is 3.37. The molecule has 0 aliphatic heterocycles. The monoisotopic (exact) mass is 552 g/mol. The number of hydrogen-bond acceptors (Lipinski definition) is 3. The van der Waals surface area contributed by atoms with Gasteiger partial charge < -0.3 is 4.90 Å². The summed E-state index contributed by atoms with van der Waals surface area (Å²) in [6.45, 7) is 1.82. The summed E-state index contributed by atoms with van der Waals surface area (Å²) in [7, 11) is 0. The van der Waals surface area contributed by atoms with E-state index in [1.54, 1.807) is 22.8 Å². The van der Waals surface area contributed by atoms with E-state index in [0.29, 0.717) is 10.7 Å². The van der Waals surface area contributed by atoms with E-state index in [-0.39, 0.29) is 24.6 Å². The van der Waals surface area contributed by atoms with Gasteiger partial charge in [-0.05, 0) is 48.9 Å². The summed E-state index contributed by atoms with van der Waals surface area (Å²) >= 11 is 6.06. The van der Waals surface area contributed by atoms with Crippen LogP contribution in [0.15, 0.2) is 109 Å². The maximum atomic E-state index is 14.5. The smallest absolute Gasteiger partial charge is 0.257 e. The van der Waals surface area contributed by atoms with Gasteiger partial charge in [0.25, 0.3) is 5.91 Å².